The van der Waals surface area contributed by atoms with Crippen molar-refractivity contribution in [2.45, 2.75) is 0 Å². The Morgan fingerprint density at radius 3 is 2.64 bits per heavy atom. The number of nitrogens with one attached hydrogen (secondary N) is 2. The minimum atomic E-state index is 0.454. The van der Waals surface area contributed by atoms with E-state index < -0.39 is 0 Å². The first-order valence-corrected chi connectivity index (χ1v) is 7.13. The van der Waals surface area contributed by atoms with E-state index in [2.05, 4.69) is 4.98 Å². The second-order valence-corrected chi connectivity index (χ2v) is 5.59. The van der Waals surface area contributed by atoms with Crippen LogP contribution in [0.2, 0.25) is 0 Å². The molecule has 0 fully saturated rings. The maximum atomic E-state index is 8.17. The molecule has 0 aliphatic heterocycles. The summed E-state index contributed by atoms with van der Waals surface area (Å²) in [4.78, 5) is 8.31. The van der Waals surface area contributed by atoms with E-state index in [1.807, 2.05) is 42.5 Å². The highest BCUT2D eigenvalue weighted by atomic mass is 14.8. The van der Waals surface area contributed by atoms with Gasteiger partial charge in [0.05, 0.1) is 27.4 Å². The van der Waals surface area contributed by atoms with E-state index in [1.165, 1.54) is 0 Å². The van der Waals surface area contributed by atoms with Crippen LogP contribution in [0.25, 0.3) is 43.6 Å². The van der Waals surface area contributed by atoms with Crippen molar-refractivity contribution in [2.75, 3.05) is 5.73 Å². The number of nitrogen functional groups attached to an aromatic ring is 1. The molecule has 5 aromatic rings. The van der Waals surface area contributed by atoms with Gasteiger partial charge >= 0.3 is 0 Å². The average molecular weight is 284 g/mol. The molecule has 0 saturated heterocycles. The topological polar surface area (TPSA) is 78.5 Å². The summed E-state index contributed by atoms with van der Waals surface area (Å²) < 4.78 is 0. The molecule has 1 aromatic heterocycles. The first-order chi connectivity index (χ1) is 10.7. The standard InChI is InChI=1S/C18H12N4/c19-11-7-5-9-15-10(6-8-12(20)16(11)15)18-17(9)21-13-3-1-2-4-14(13)22-18/h1-8,19,22H,20H2. The first kappa shape index (κ1) is 11.5. The van der Waals surface area contributed by atoms with Gasteiger partial charge in [-0.2, -0.15) is 0 Å². The Morgan fingerprint density at radius 2 is 1.73 bits per heavy atom. The molecule has 0 unspecified atom stereocenters. The van der Waals surface area contributed by atoms with Crippen molar-refractivity contribution in [1.82, 2.24) is 9.97 Å². The van der Waals surface area contributed by atoms with Gasteiger partial charge in [-0.1, -0.05) is 18.2 Å². The van der Waals surface area contributed by atoms with Gasteiger partial charge in [-0.05, 0) is 30.3 Å². The number of para-hydroxylation sites is 2. The molecule has 5 rings (SSSR count). The number of nitrogens with two attached hydrogens (primary N) is 1. The zero-order chi connectivity index (χ0) is 14.8. The van der Waals surface area contributed by atoms with E-state index >= 15 is 0 Å². The Balaban J connectivity index is 2.19. The third kappa shape index (κ3) is 1.27. The number of hydrogen-bond donors (Lipinski definition) is 3. The van der Waals surface area contributed by atoms with Crippen LogP contribution in [0.1, 0.15) is 0 Å². The molecule has 0 saturated carbocycles. The second kappa shape index (κ2) is 3.74. The lowest BCUT2D eigenvalue weighted by Crippen LogP contribution is -2.02. The highest BCUT2D eigenvalue weighted by molar-refractivity contribution is 6.30. The van der Waals surface area contributed by atoms with Crippen LogP contribution in [-0.4, -0.2) is 9.97 Å². The maximum absolute atomic E-state index is 8.17. The number of nitrogens with zero attached hydrogens (tertiary/aromatic N) is 1. The van der Waals surface area contributed by atoms with E-state index in [1.54, 1.807) is 6.07 Å². The second-order valence-electron chi connectivity index (χ2n) is 5.59. The van der Waals surface area contributed by atoms with Crippen LogP contribution in [0.3, 0.4) is 0 Å². The van der Waals surface area contributed by atoms with Crippen LogP contribution in [0.4, 0.5) is 5.69 Å². The van der Waals surface area contributed by atoms with Gasteiger partial charge in [-0.25, -0.2) is 4.98 Å². The molecule has 0 amide bonds. The first-order valence-electron chi connectivity index (χ1n) is 7.13. The molecular weight excluding hydrogens is 272 g/mol. The highest BCUT2D eigenvalue weighted by Crippen LogP contribution is 2.37. The van der Waals surface area contributed by atoms with Crippen molar-refractivity contribution in [2.24, 2.45) is 0 Å². The number of rotatable bonds is 0. The fraction of sp³-hybridized carbons (Fsp3) is 0. The van der Waals surface area contributed by atoms with Crippen molar-refractivity contribution >= 4 is 49.3 Å². The fourth-order valence-corrected chi connectivity index (χ4v) is 3.36. The Kier molecular flexibility index (Phi) is 1.96. The van der Waals surface area contributed by atoms with Crippen molar-refractivity contribution in [1.29, 1.82) is 5.41 Å². The molecule has 4 aromatic carbocycles. The summed E-state index contributed by atoms with van der Waals surface area (Å²) in [6.45, 7) is 0. The molecule has 104 valence electrons. The van der Waals surface area contributed by atoms with E-state index in [0.717, 1.165) is 43.6 Å². The predicted octanol–water partition coefficient (Wildman–Crippen LogP) is 3.52. The van der Waals surface area contributed by atoms with Crippen LogP contribution < -0.4 is 11.1 Å². The molecule has 0 radical (unpaired) electrons. The number of benzene rings is 3. The van der Waals surface area contributed by atoms with Gasteiger partial charge in [0, 0.05) is 27.2 Å². The normalized spacial score (nSPS) is 12.0. The Labute approximate surface area is 125 Å². The maximum Gasteiger partial charge on any atom is 0.0957 e. The van der Waals surface area contributed by atoms with E-state index in [9.17, 15) is 0 Å². The summed E-state index contributed by atoms with van der Waals surface area (Å²) in [5.74, 6) is 0. The van der Waals surface area contributed by atoms with Crippen molar-refractivity contribution in [3.63, 3.8) is 0 Å². The number of fused-ring (bicyclic) bond motifs is 4. The van der Waals surface area contributed by atoms with Gasteiger partial charge in [0.2, 0.25) is 0 Å². The number of hydrogen-bond acceptors (Lipinski definition) is 3. The van der Waals surface area contributed by atoms with Crippen molar-refractivity contribution in [3.05, 3.63) is 53.9 Å². The lowest BCUT2D eigenvalue weighted by molar-refractivity contribution is 1.31. The molecule has 0 aliphatic carbocycles. The summed E-state index contributed by atoms with van der Waals surface area (Å²) in [5, 5.41) is 12.6. The van der Waals surface area contributed by atoms with E-state index in [4.69, 9.17) is 16.1 Å². The minimum absolute atomic E-state index is 0.454. The zero-order valence-corrected chi connectivity index (χ0v) is 11.6. The lowest BCUT2D eigenvalue weighted by Gasteiger charge is -2.02. The van der Waals surface area contributed by atoms with Crippen LogP contribution in [0.5, 0.6) is 0 Å². The van der Waals surface area contributed by atoms with Gasteiger partial charge in [0.1, 0.15) is 0 Å². The third-order valence-corrected chi connectivity index (χ3v) is 4.35. The molecule has 0 aliphatic rings. The summed E-state index contributed by atoms with van der Waals surface area (Å²) in [5.41, 5.74) is 10.6. The summed E-state index contributed by atoms with van der Waals surface area (Å²) in [7, 11) is 0. The highest BCUT2D eigenvalue weighted by Gasteiger charge is 2.15. The largest absolute Gasteiger partial charge is 0.398 e. The van der Waals surface area contributed by atoms with Crippen LogP contribution in [0, 0.1) is 5.41 Å². The molecule has 0 bridgehead atoms. The molecule has 1 heterocycles. The Morgan fingerprint density at radius 1 is 0.909 bits per heavy atom. The summed E-state index contributed by atoms with van der Waals surface area (Å²) in [6, 6.07) is 15.7. The van der Waals surface area contributed by atoms with Crippen LogP contribution in [0.15, 0.2) is 48.5 Å². The molecular formula is C18H12N4. The van der Waals surface area contributed by atoms with Crippen LogP contribution >= 0.6 is 0 Å². The molecule has 4 heteroatoms. The number of anilines is 1. The zero-order valence-electron chi connectivity index (χ0n) is 11.6. The average Bonchev–Trinajstić information content (AvgIpc) is 2.84. The van der Waals surface area contributed by atoms with E-state index in [0.29, 0.717) is 11.0 Å². The Hall–Kier alpha value is -3.14. The molecule has 4 N–H and O–H groups in total. The monoisotopic (exact) mass is 284 g/mol. The third-order valence-electron chi connectivity index (χ3n) is 4.35. The summed E-state index contributed by atoms with van der Waals surface area (Å²) >= 11 is 0. The van der Waals surface area contributed by atoms with Gasteiger partial charge in [0.15, 0.2) is 0 Å². The van der Waals surface area contributed by atoms with Gasteiger partial charge in [-0.3, -0.25) is 0 Å². The van der Waals surface area contributed by atoms with Crippen molar-refractivity contribution in [3.8, 4) is 0 Å². The van der Waals surface area contributed by atoms with Crippen LogP contribution in [-0.2, 0) is 0 Å². The quantitative estimate of drug-likeness (QED) is 0.380. The molecule has 0 atom stereocenters. The molecule has 22 heavy (non-hydrogen) atoms. The summed E-state index contributed by atoms with van der Waals surface area (Å²) in [6.07, 6.45) is 0. The Bertz CT molecular complexity index is 1200. The smallest absolute Gasteiger partial charge is 0.0957 e. The lowest BCUT2D eigenvalue weighted by atomic mass is 10.0. The van der Waals surface area contributed by atoms with Gasteiger partial charge in [-0.15, -0.1) is 0 Å². The number of H-pyrrole nitrogens is 1. The fourth-order valence-electron chi connectivity index (χ4n) is 3.36. The van der Waals surface area contributed by atoms with Crippen molar-refractivity contribution < 1.29 is 0 Å². The predicted molar refractivity (Wildman–Crippen MR) is 90.1 cm³/mol. The van der Waals surface area contributed by atoms with Gasteiger partial charge in [0.25, 0.3) is 0 Å². The molecule has 4 nitrogen and oxygen atoms in total. The number of aromatic nitrogens is 2. The van der Waals surface area contributed by atoms with E-state index in [-0.39, 0.29) is 0 Å². The van der Waals surface area contributed by atoms with Gasteiger partial charge < -0.3 is 16.1 Å². The SMILES string of the molecule is N=c1ccc2c3nc4ccccc4[nH]c3c3ccc(N)c1c23. The number of aromatic amines is 1. The minimum Gasteiger partial charge on any atom is -0.398 e. The molecule has 0 spiro atoms.